The van der Waals surface area contributed by atoms with Crippen LogP contribution in [0.15, 0.2) is 54.1 Å². The fourth-order valence-electron chi connectivity index (χ4n) is 2.47. The Kier molecular flexibility index (Phi) is 6.16. The maximum Gasteiger partial charge on any atom is 0.255 e. The summed E-state index contributed by atoms with van der Waals surface area (Å²) >= 11 is 0. The Bertz CT molecular complexity index is 888. The molecule has 0 saturated heterocycles. The Hall–Kier alpha value is -3.81. The van der Waals surface area contributed by atoms with Gasteiger partial charge in [0.2, 0.25) is 0 Å². The van der Waals surface area contributed by atoms with Crippen LogP contribution in [0.1, 0.15) is 21.5 Å². The number of carbonyl (C=O) groups is 2. The van der Waals surface area contributed by atoms with E-state index in [0.717, 1.165) is 5.56 Å². The molecule has 0 aromatic heterocycles. The molecule has 0 aliphatic carbocycles. The van der Waals surface area contributed by atoms with Gasteiger partial charge in [0.15, 0.2) is 0 Å². The lowest BCUT2D eigenvalue weighted by atomic mass is 10.0. The van der Waals surface area contributed by atoms with E-state index in [1.807, 2.05) is 0 Å². The van der Waals surface area contributed by atoms with Crippen molar-refractivity contribution in [2.24, 2.45) is 17.2 Å². The predicted octanol–water partition coefficient (Wildman–Crippen LogP) is 0.716. The quantitative estimate of drug-likeness (QED) is 0.277. The molecule has 0 unspecified atom stereocenters. The number of hydrogen-bond donors (Lipinski definition) is 5. The van der Waals surface area contributed by atoms with Crippen LogP contribution < -0.4 is 27.3 Å². The summed E-state index contributed by atoms with van der Waals surface area (Å²) in [4.78, 5) is 23.7. The van der Waals surface area contributed by atoms with Gasteiger partial charge in [0.05, 0.1) is 18.4 Å². The van der Waals surface area contributed by atoms with Gasteiger partial charge in [-0.2, -0.15) is 0 Å². The first-order valence-electron chi connectivity index (χ1n) is 7.99. The van der Waals surface area contributed by atoms with Crippen LogP contribution >= 0.6 is 0 Å². The topological polar surface area (TPSA) is 157 Å². The van der Waals surface area contributed by atoms with Gasteiger partial charge in [0.1, 0.15) is 17.2 Å². The number of para-hydroxylation sites is 1. The van der Waals surface area contributed by atoms with E-state index in [0.29, 0.717) is 16.9 Å². The Labute approximate surface area is 156 Å². The van der Waals surface area contributed by atoms with Gasteiger partial charge in [0, 0.05) is 6.54 Å². The second kappa shape index (κ2) is 8.52. The summed E-state index contributed by atoms with van der Waals surface area (Å²) in [6.45, 7) is 0.288. The highest BCUT2D eigenvalue weighted by atomic mass is 16.5. The number of methoxy groups -OCH3 is 1. The molecule has 2 amide bonds. The average Bonchev–Trinajstić information content (AvgIpc) is 2.65. The number of primary amides is 1. The maximum absolute atomic E-state index is 12.3. The molecule has 2 aromatic rings. The van der Waals surface area contributed by atoms with Crippen molar-refractivity contribution in [3.8, 4) is 5.75 Å². The van der Waals surface area contributed by atoms with E-state index in [4.69, 9.17) is 27.3 Å². The number of rotatable bonds is 7. The zero-order chi connectivity index (χ0) is 20.0. The molecule has 0 fully saturated rings. The van der Waals surface area contributed by atoms with Crippen molar-refractivity contribution in [2.75, 3.05) is 7.11 Å². The molecule has 0 aliphatic rings. The first-order valence-corrected chi connectivity index (χ1v) is 7.99. The van der Waals surface area contributed by atoms with Crippen LogP contribution in [0.25, 0.3) is 5.70 Å². The van der Waals surface area contributed by atoms with Gasteiger partial charge in [-0.1, -0.05) is 36.4 Å². The van der Waals surface area contributed by atoms with E-state index in [2.05, 4.69) is 5.32 Å². The lowest BCUT2D eigenvalue weighted by Gasteiger charge is -2.11. The minimum atomic E-state index is -0.867. The molecular formula is C19H21N5O3. The van der Waals surface area contributed by atoms with Crippen molar-refractivity contribution in [2.45, 2.75) is 6.54 Å². The number of carbonyl (C=O) groups excluding carboxylic acids is 2. The van der Waals surface area contributed by atoms with Gasteiger partial charge in [0.25, 0.3) is 11.8 Å². The molecule has 0 radical (unpaired) electrons. The number of nitrogens with one attached hydrogen (secondary N) is 2. The average molecular weight is 367 g/mol. The number of benzene rings is 2. The standard InChI is InChI=1S/C19H21N5O3/c1-27-14-5-3-2-4-13(14)19(26)24-10-11-6-8-12(9-7-11)16(20)15(17(21)22)18(23)25/h2-9H,10,20H2,1H3,(H3,21,22)(H2,23,25)(H,24,26). The van der Waals surface area contributed by atoms with Crippen LogP contribution in [0.5, 0.6) is 5.75 Å². The highest BCUT2D eigenvalue weighted by molar-refractivity contribution is 6.23. The summed E-state index contributed by atoms with van der Waals surface area (Å²) in [6, 6.07) is 13.7. The summed E-state index contributed by atoms with van der Waals surface area (Å²) in [5.41, 5.74) is 18.0. The van der Waals surface area contributed by atoms with Crippen LogP contribution in [-0.4, -0.2) is 24.8 Å². The molecule has 8 nitrogen and oxygen atoms in total. The number of ether oxygens (including phenoxy) is 1. The molecule has 8 N–H and O–H groups in total. The number of amides is 2. The van der Waals surface area contributed by atoms with E-state index in [1.54, 1.807) is 48.5 Å². The highest BCUT2D eigenvalue weighted by Gasteiger charge is 2.15. The van der Waals surface area contributed by atoms with E-state index >= 15 is 0 Å². The molecule has 0 aliphatic heterocycles. The summed E-state index contributed by atoms with van der Waals surface area (Å²) in [6.07, 6.45) is 0. The van der Waals surface area contributed by atoms with Gasteiger partial charge in [-0.25, -0.2) is 0 Å². The van der Waals surface area contributed by atoms with E-state index in [-0.39, 0.29) is 23.7 Å². The molecule has 0 heterocycles. The van der Waals surface area contributed by atoms with Crippen molar-refractivity contribution < 1.29 is 14.3 Å². The second-order valence-electron chi connectivity index (χ2n) is 5.65. The predicted molar refractivity (Wildman–Crippen MR) is 103 cm³/mol. The highest BCUT2D eigenvalue weighted by Crippen LogP contribution is 2.18. The Morgan fingerprint density at radius 3 is 2.22 bits per heavy atom. The zero-order valence-electron chi connectivity index (χ0n) is 14.8. The largest absolute Gasteiger partial charge is 0.496 e. The molecule has 0 spiro atoms. The van der Waals surface area contributed by atoms with Crippen LogP contribution in [0.4, 0.5) is 0 Å². The van der Waals surface area contributed by atoms with Crippen molar-refractivity contribution in [3.63, 3.8) is 0 Å². The SMILES string of the molecule is COc1ccccc1C(=O)NCc1ccc(C(N)=C(C(=N)N)C(N)=O)cc1. The minimum absolute atomic E-state index is 0.0274. The molecule has 0 bridgehead atoms. The summed E-state index contributed by atoms with van der Waals surface area (Å²) < 4.78 is 5.18. The van der Waals surface area contributed by atoms with Gasteiger partial charge >= 0.3 is 0 Å². The number of nitrogens with two attached hydrogens (primary N) is 3. The van der Waals surface area contributed by atoms with E-state index < -0.39 is 11.7 Å². The fourth-order valence-corrected chi connectivity index (χ4v) is 2.47. The third-order valence-electron chi connectivity index (χ3n) is 3.85. The molecule has 140 valence electrons. The smallest absolute Gasteiger partial charge is 0.255 e. The first-order chi connectivity index (χ1) is 12.8. The molecule has 2 aromatic carbocycles. The van der Waals surface area contributed by atoms with Crippen LogP contribution in [0, 0.1) is 5.41 Å². The Morgan fingerprint density at radius 2 is 1.67 bits per heavy atom. The van der Waals surface area contributed by atoms with Gasteiger partial charge < -0.3 is 27.3 Å². The first kappa shape index (κ1) is 19.5. The van der Waals surface area contributed by atoms with Crippen molar-refractivity contribution in [3.05, 3.63) is 70.8 Å². The third kappa shape index (κ3) is 4.63. The van der Waals surface area contributed by atoms with Crippen molar-refractivity contribution in [1.29, 1.82) is 5.41 Å². The number of amidine groups is 1. The third-order valence-corrected chi connectivity index (χ3v) is 3.85. The van der Waals surface area contributed by atoms with Crippen LogP contribution in [0.2, 0.25) is 0 Å². The monoisotopic (exact) mass is 367 g/mol. The fraction of sp³-hybridized carbons (Fsp3) is 0.105. The van der Waals surface area contributed by atoms with E-state index in [9.17, 15) is 9.59 Å². The maximum atomic E-state index is 12.3. The normalized spacial score (nSPS) is 11.3. The molecule has 2 rings (SSSR count). The van der Waals surface area contributed by atoms with Gasteiger partial charge in [-0.05, 0) is 23.3 Å². The van der Waals surface area contributed by atoms with Crippen LogP contribution in [0.3, 0.4) is 0 Å². The second-order valence-corrected chi connectivity index (χ2v) is 5.65. The lowest BCUT2D eigenvalue weighted by molar-refractivity contribution is -0.114. The summed E-state index contributed by atoms with van der Waals surface area (Å²) in [5.74, 6) is -1.13. The Balaban J connectivity index is 2.12. The molecular weight excluding hydrogens is 346 g/mol. The van der Waals surface area contributed by atoms with E-state index in [1.165, 1.54) is 7.11 Å². The molecule has 8 heteroatoms. The number of hydrogen-bond acceptors (Lipinski definition) is 5. The summed E-state index contributed by atoms with van der Waals surface area (Å²) in [7, 11) is 1.50. The molecule has 27 heavy (non-hydrogen) atoms. The van der Waals surface area contributed by atoms with Gasteiger partial charge in [-0.15, -0.1) is 0 Å². The minimum Gasteiger partial charge on any atom is -0.496 e. The summed E-state index contributed by atoms with van der Waals surface area (Å²) in [5, 5.41) is 10.2. The molecule has 0 atom stereocenters. The van der Waals surface area contributed by atoms with Crippen molar-refractivity contribution in [1.82, 2.24) is 5.32 Å². The van der Waals surface area contributed by atoms with Gasteiger partial charge in [-0.3, -0.25) is 15.0 Å². The lowest BCUT2D eigenvalue weighted by Crippen LogP contribution is -2.28. The zero-order valence-corrected chi connectivity index (χ0v) is 14.8. The molecule has 0 saturated carbocycles. The van der Waals surface area contributed by atoms with Crippen molar-refractivity contribution >= 4 is 23.3 Å². The van der Waals surface area contributed by atoms with Crippen LogP contribution in [-0.2, 0) is 11.3 Å². The Morgan fingerprint density at radius 1 is 1.04 bits per heavy atom.